The van der Waals surface area contributed by atoms with Gasteiger partial charge in [-0.3, -0.25) is 4.98 Å². The van der Waals surface area contributed by atoms with Crippen LogP contribution in [0.15, 0.2) is 42.9 Å². The van der Waals surface area contributed by atoms with E-state index in [1.54, 1.807) is 18.5 Å². The Balaban J connectivity index is 1.98. The maximum absolute atomic E-state index is 14.3. The van der Waals surface area contributed by atoms with E-state index in [4.69, 9.17) is 0 Å². The van der Waals surface area contributed by atoms with Crippen LogP contribution in [-0.4, -0.2) is 15.0 Å². The fraction of sp³-hybridized carbons (Fsp3) is 0.125. The molecule has 0 spiro atoms. The second kappa shape index (κ2) is 5.49. The number of imidazole rings is 1. The fourth-order valence-electron chi connectivity index (χ4n) is 2.20. The fourth-order valence-corrected chi connectivity index (χ4v) is 2.20. The molecule has 0 bridgehead atoms. The predicted molar refractivity (Wildman–Crippen MR) is 77.0 cm³/mol. The third-order valence-corrected chi connectivity index (χ3v) is 3.31. The number of nitrogens with zero attached hydrogens (tertiary/aromatic N) is 2. The molecule has 0 saturated carbocycles. The summed E-state index contributed by atoms with van der Waals surface area (Å²) in [5, 5.41) is 0. The number of nitrogens with one attached hydrogen (secondary N) is 1. The molecule has 0 unspecified atom stereocenters. The Labute approximate surface area is 129 Å². The summed E-state index contributed by atoms with van der Waals surface area (Å²) in [5.74, 6) is -0.823. The molecule has 0 radical (unpaired) electrons. The molecule has 1 aromatic carbocycles. The van der Waals surface area contributed by atoms with Gasteiger partial charge in [-0.05, 0) is 36.2 Å². The van der Waals surface area contributed by atoms with Gasteiger partial charge in [0.25, 0.3) is 0 Å². The lowest BCUT2D eigenvalue weighted by molar-refractivity contribution is -0.140. The van der Waals surface area contributed by atoms with Crippen LogP contribution in [0.25, 0.3) is 22.5 Å². The molecular formula is C16H11F4N3. The first kappa shape index (κ1) is 15.2. The van der Waals surface area contributed by atoms with Gasteiger partial charge in [-0.1, -0.05) is 6.07 Å². The van der Waals surface area contributed by atoms with Crippen molar-refractivity contribution in [2.24, 2.45) is 0 Å². The van der Waals surface area contributed by atoms with Crippen LogP contribution in [0.2, 0.25) is 0 Å². The van der Waals surface area contributed by atoms with Crippen LogP contribution in [0.4, 0.5) is 17.6 Å². The molecule has 0 fully saturated rings. The first-order chi connectivity index (χ1) is 10.8. The summed E-state index contributed by atoms with van der Waals surface area (Å²) in [6, 6.07) is 6.11. The minimum atomic E-state index is -4.55. The molecular weight excluding hydrogens is 310 g/mol. The number of aromatic amines is 1. The number of hydrogen-bond acceptors (Lipinski definition) is 2. The smallest absolute Gasteiger partial charge is 0.334 e. The molecule has 1 N–H and O–H groups in total. The van der Waals surface area contributed by atoms with Gasteiger partial charge in [-0.15, -0.1) is 0 Å². The van der Waals surface area contributed by atoms with Crippen molar-refractivity contribution in [1.82, 2.24) is 15.0 Å². The number of alkyl halides is 3. The normalized spacial score (nSPS) is 11.7. The molecule has 3 aromatic rings. The van der Waals surface area contributed by atoms with E-state index in [1.165, 1.54) is 12.1 Å². The van der Waals surface area contributed by atoms with Gasteiger partial charge in [0.05, 0.1) is 11.8 Å². The SMILES string of the molecule is Cc1cncc(-c2ccc(-c3ncc(C(F)(F)F)[nH]3)c(F)c2)c1. The summed E-state index contributed by atoms with van der Waals surface area (Å²) in [6.07, 6.45) is -0.631. The Morgan fingerprint density at radius 1 is 1.00 bits per heavy atom. The summed E-state index contributed by atoms with van der Waals surface area (Å²) in [4.78, 5) is 9.73. The van der Waals surface area contributed by atoms with E-state index >= 15 is 0 Å². The van der Waals surface area contributed by atoms with Crippen molar-refractivity contribution in [1.29, 1.82) is 0 Å². The van der Waals surface area contributed by atoms with E-state index in [2.05, 4.69) is 15.0 Å². The average molecular weight is 321 g/mol. The summed E-state index contributed by atoms with van der Waals surface area (Å²) < 4.78 is 52.0. The molecule has 0 aliphatic rings. The first-order valence-corrected chi connectivity index (χ1v) is 6.69. The number of H-pyrrole nitrogens is 1. The Hall–Kier alpha value is -2.70. The standard InChI is InChI=1S/C16H11F4N3/c1-9-4-11(7-21-6-9)10-2-3-12(13(17)5-10)15-22-8-14(23-15)16(18,19)20/h2-8H,1H3,(H,22,23). The molecule has 118 valence electrons. The Morgan fingerprint density at radius 3 is 2.39 bits per heavy atom. The van der Waals surface area contributed by atoms with Crippen LogP contribution in [-0.2, 0) is 6.18 Å². The minimum Gasteiger partial charge on any atom is -0.334 e. The topological polar surface area (TPSA) is 41.6 Å². The largest absolute Gasteiger partial charge is 0.432 e. The molecule has 2 heterocycles. The van der Waals surface area contributed by atoms with Crippen LogP contribution < -0.4 is 0 Å². The molecule has 2 aromatic heterocycles. The molecule has 7 heteroatoms. The lowest BCUT2D eigenvalue weighted by Crippen LogP contribution is -2.04. The molecule has 23 heavy (non-hydrogen) atoms. The van der Waals surface area contributed by atoms with E-state index in [-0.39, 0.29) is 11.4 Å². The van der Waals surface area contributed by atoms with Gasteiger partial charge in [-0.2, -0.15) is 13.2 Å². The van der Waals surface area contributed by atoms with Crippen molar-refractivity contribution in [2.45, 2.75) is 13.1 Å². The third kappa shape index (κ3) is 3.08. The highest BCUT2D eigenvalue weighted by Crippen LogP contribution is 2.31. The van der Waals surface area contributed by atoms with Gasteiger partial charge in [0.15, 0.2) is 0 Å². The van der Waals surface area contributed by atoms with Gasteiger partial charge < -0.3 is 4.98 Å². The molecule has 3 rings (SSSR count). The molecule has 0 aliphatic heterocycles. The van der Waals surface area contributed by atoms with Crippen LogP contribution in [0.3, 0.4) is 0 Å². The van der Waals surface area contributed by atoms with Gasteiger partial charge in [0, 0.05) is 18.0 Å². The monoisotopic (exact) mass is 321 g/mol. The van der Waals surface area contributed by atoms with E-state index in [9.17, 15) is 17.6 Å². The lowest BCUT2D eigenvalue weighted by atomic mass is 10.0. The maximum atomic E-state index is 14.3. The zero-order chi connectivity index (χ0) is 16.6. The zero-order valence-electron chi connectivity index (χ0n) is 11.9. The Bertz CT molecular complexity index is 853. The van der Waals surface area contributed by atoms with Crippen molar-refractivity contribution in [3.8, 4) is 22.5 Å². The number of hydrogen-bond donors (Lipinski definition) is 1. The molecule has 0 amide bonds. The maximum Gasteiger partial charge on any atom is 0.432 e. The Morgan fingerprint density at radius 2 is 1.78 bits per heavy atom. The summed E-state index contributed by atoms with van der Waals surface area (Å²) in [6.45, 7) is 1.86. The number of benzene rings is 1. The number of pyridine rings is 1. The van der Waals surface area contributed by atoms with Gasteiger partial charge in [0.2, 0.25) is 0 Å². The quantitative estimate of drug-likeness (QED) is 0.701. The second-order valence-corrected chi connectivity index (χ2v) is 5.09. The highest BCUT2D eigenvalue weighted by Gasteiger charge is 2.33. The van der Waals surface area contributed by atoms with Gasteiger partial charge in [-0.25, -0.2) is 9.37 Å². The van der Waals surface area contributed by atoms with Crippen molar-refractivity contribution in [3.05, 3.63) is 59.9 Å². The highest BCUT2D eigenvalue weighted by molar-refractivity contribution is 5.68. The summed E-state index contributed by atoms with van der Waals surface area (Å²) in [7, 11) is 0. The van der Waals surface area contributed by atoms with E-state index < -0.39 is 17.7 Å². The lowest BCUT2D eigenvalue weighted by Gasteiger charge is -2.06. The van der Waals surface area contributed by atoms with Crippen LogP contribution in [0.1, 0.15) is 11.3 Å². The van der Waals surface area contributed by atoms with Crippen molar-refractivity contribution in [3.63, 3.8) is 0 Å². The van der Waals surface area contributed by atoms with Crippen molar-refractivity contribution in [2.75, 3.05) is 0 Å². The predicted octanol–water partition coefficient (Wildman–Crippen LogP) is 4.61. The van der Waals surface area contributed by atoms with Crippen molar-refractivity contribution >= 4 is 0 Å². The average Bonchev–Trinajstić information content (AvgIpc) is 2.97. The van der Waals surface area contributed by atoms with E-state index in [1.807, 2.05) is 13.0 Å². The van der Waals surface area contributed by atoms with E-state index in [0.29, 0.717) is 11.8 Å². The molecule has 0 saturated heterocycles. The van der Waals surface area contributed by atoms with Gasteiger partial charge >= 0.3 is 6.18 Å². The summed E-state index contributed by atoms with van der Waals surface area (Å²) in [5.41, 5.74) is 1.20. The minimum absolute atomic E-state index is 0.0233. The van der Waals surface area contributed by atoms with E-state index in [0.717, 1.165) is 11.1 Å². The summed E-state index contributed by atoms with van der Waals surface area (Å²) >= 11 is 0. The van der Waals surface area contributed by atoms with Gasteiger partial charge in [0.1, 0.15) is 17.3 Å². The number of halogens is 4. The number of rotatable bonds is 2. The second-order valence-electron chi connectivity index (χ2n) is 5.09. The van der Waals surface area contributed by atoms with Crippen LogP contribution >= 0.6 is 0 Å². The van der Waals surface area contributed by atoms with Crippen LogP contribution in [0, 0.1) is 12.7 Å². The van der Waals surface area contributed by atoms with Crippen molar-refractivity contribution < 1.29 is 17.6 Å². The molecule has 3 nitrogen and oxygen atoms in total. The number of aryl methyl sites for hydroxylation is 1. The molecule has 0 aliphatic carbocycles. The first-order valence-electron chi connectivity index (χ1n) is 6.69. The highest BCUT2D eigenvalue weighted by atomic mass is 19.4. The zero-order valence-corrected chi connectivity index (χ0v) is 11.9. The number of aromatic nitrogens is 3. The molecule has 0 atom stereocenters. The van der Waals surface area contributed by atoms with Crippen LogP contribution in [0.5, 0.6) is 0 Å². The Kier molecular flexibility index (Phi) is 3.63. The third-order valence-electron chi connectivity index (χ3n) is 3.31.